The molecule has 0 spiro atoms. The summed E-state index contributed by atoms with van der Waals surface area (Å²) in [6.07, 6.45) is -2.22. The monoisotopic (exact) mass is 291 g/mol. The third-order valence-corrected chi connectivity index (χ3v) is 2.65. The molecule has 1 aromatic heterocycles. The molecule has 1 aromatic rings. The molecule has 0 bridgehead atoms. The molecular weight excluding hydrogens is 275 g/mol. The number of aromatic nitrogens is 3. The van der Waals surface area contributed by atoms with Crippen LogP contribution in [0.3, 0.4) is 0 Å². The minimum Gasteiger partial charge on any atom is -0.463 e. The van der Waals surface area contributed by atoms with E-state index in [9.17, 15) is 13.2 Å². The molecule has 2 rings (SSSR count). The molecule has 0 aliphatic heterocycles. The summed E-state index contributed by atoms with van der Waals surface area (Å²) in [5.74, 6) is -0.225. The molecule has 0 unspecified atom stereocenters. The van der Waals surface area contributed by atoms with Gasteiger partial charge in [-0.2, -0.15) is 28.1 Å². The Morgan fingerprint density at radius 1 is 1.30 bits per heavy atom. The largest absolute Gasteiger partial charge is 0.463 e. The molecule has 20 heavy (non-hydrogen) atoms. The van der Waals surface area contributed by atoms with Crippen LogP contribution >= 0.6 is 0 Å². The van der Waals surface area contributed by atoms with Crippen LogP contribution < -0.4 is 15.4 Å². The molecule has 1 fully saturated rings. The molecule has 6 nitrogen and oxygen atoms in total. The molecule has 1 aliphatic rings. The summed E-state index contributed by atoms with van der Waals surface area (Å²) in [6.45, 7) is 1.16. The molecule has 0 radical (unpaired) electrons. The second-order valence-electron chi connectivity index (χ2n) is 4.60. The van der Waals surface area contributed by atoms with E-state index in [0.717, 1.165) is 11.3 Å². The highest BCUT2D eigenvalue weighted by Gasteiger charge is 2.39. The summed E-state index contributed by atoms with van der Waals surface area (Å²) in [5, 5.41) is 0. The summed E-state index contributed by atoms with van der Waals surface area (Å²) < 4.78 is 43.0. The highest BCUT2D eigenvalue weighted by molar-refractivity contribution is 5.39. The predicted octanol–water partition coefficient (Wildman–Crippen LogP) is 1.77. The second kappa shape index (κ2) is 5.68. The lowest BCUT2D eigenvalue weighted by Crippen LogP contribution is -2.37. The first-order valence-electron chi connectivity index (χ1n) is 6.37. The SMILES string of the molecule is CCCOc1nc(N)nc(N(CC(F)(F)F)C2CC2)n1. The van der Waals surface area contributed by atoms with Gasteiger partial charge < -0.3 is 15.4 Å². The van der Waals surface area contributed by atoms with E-state index in [2.05, 4.69) is 15.0 Å². The van der Waals surface area contributed by atoms with Crippen LogP contribution in [-0.4, -0.2) is 40.3 Å². The van der Waals surface area contributed by atoms with Crippen molar-refractivity contribution in [1.29, 1.82) is 0 Å². The Morgan fingerprint density at radius 3 is 2.55 bits per heavy atom. The summed E-state index contributed by atoms with van der Waals surface area (Å²) in [7, 11) is 0. The number of rotatable bonds is 6. The highest BCUT2D eigenvalue weighted by atomic mass is 19.4. The molecule has 2 N–H and O–H groups in total. The van der Waals surface area contributed by atoms with Crippen molar-refractivity contribution in [3.05, 3.63) is 0 Å². The first-order valence-corrected chi connectivity index (χ1v) is 6.37. The van der Waals surface area contributed by atoms with E-state index < -0.39 is 12.7 Å². The third-order valence-electron chi connectivity index (χ3n) is 2.65. The Labute approximate surface area is 114 Å². The van der Waals surface area contributed by atoms with Gasteiger partial charge in [0.05, 0.1) is 6.61 Å². The van der Waals surface area contributed by atoms with E-state index in [1.54, 1.807) is 0 Å². The Kier molecular flexibility index (Phi) is 4.15. The number of nitrogen functional groups attached to an aromatic ring is 1. The molecule has 9 heteroatoms. The first kappa shape index (κ1) is 14.6. The van der Waals surface area contributed by atoms with Crippen molar-refractivity contribution in [2.75, 3.05) is 23.8 Å². The minimum absolute atomic E-state index is 0.0397. The lowest BCUT2D eigenvalue weighted by molar-refractivity contribution is -0.120. The number of ether oxygens (including phenoxy) is 1. The molecule has 0 amide bonds. The van der Waals surface area contributed by atoms with Crippen molar-refractivity contribution in [3.8, 4) is 6.01 Å². The lowest BCUT2D eigenvalue weighted by Gasteiger charge is -2.23. The number of halogens is 3. The Balaban J connectivity index is 2.21. The number of hydrogen-bond donors (Lipinski definition) is 1. The maximum atomic E-state index is 12.6. The van der Waals surface area contributed by atoms with Gasteiger partial charge in [0.1, 0.15) is 6.54 Å². The summed E-state index contributed by atoms with van der Waals surface area (Å²) in [4.78, 5) is 12.6. The molecule has 0 saturated heterocycles. The predicted molar refractivity (Wildman–Crippen MR) is 66.4 cm³/mol. The van der Waals surface area contributed by atoms with Gasteiger partial charge in [-0.3, -0.25) is 0 Å². The van der Waals surface area contributed by atoms with Crippen LogP contribution in [0.1, 0.15) is 26.2 Å². The average molecular weight is 291 g/mol. The third kappa shape index (κ3) is 4.10. The van der Waals surface area contributed by atoms with E-state index in [4.69, 9.17) is 10.5 Å². The molecule has 1 aliphatic carbocycles. The quantitative estimate of drug-likeness (QED) is 0.860. The van der Waals surface area contributed by atoms with Crippen LogP contribution in [0.15, 0.2) is 0 Å². The van der Waals surface area contributed by atoms with Gasteiger partial charge in [0.2, 0.25) is 11.9 Å². The minimum atomic E-state index is -4.32. The zero-order valence-corrected chi connectivity index (χ0v) is 11.0. The van der Waals surface area contributed by atoms with Gasteiger partial charge in [-0.15, -0.1) is 0 Å². The molecule has 1 saturated carbocycles. The normalized spacial score (nSPS) is 15.2. The van der Waals surface area contributed by atoms with Gasteiger partial charge in [-0.05, 0) is 19.3 Å². The van der Waals surface area contributed by atoms with E-state index in [1.807, 2.05) is 6.92 Å². The number of nitrogens with two attached hydrogens (primary N) is 1. The molecule has 0 aromatic carbocycles. The molecule has 0 atom stereocenters. The number of alkyl halides is 3. The summed E-state index contributed by atoms with van der Waals surface area (Å²) in [5.41, 5.74) is 5.50. The van der Waals surface area contributed by atoms with Crippen LogP contribution in [0, 0.1) is 0 Å². The highest BCUT2D eigenvalue weighted by Crippen LogP contribution is 2.33. The summed E-state index contributed by atoms with van der Waals surface area (Å²) >= 11 is 0. The van der Waals surface area contributed by atoms with Gasteiger partial charge in [0, 0.05) is 6.04 Å². The van der Waals surface area contributed by atoms with Gasteiger partial charge in [-0.1, -0.05) is 6.92 Å². The van der Waals surface area contributed by atoms with Crippen LogP contribution in [0.25, 0.3) is 0 Å². The maximum Gasteiger partial charge on any atom is 0.406 e. The van der Waals surface area contributed by atoms with Gasteiger partial charge in [0.25, 0.3) is 0 Å². The summed E-state index contributed by atoms with van der Waals surface area (Å²) in [6, 6.07) is -0.236. The van der Waals surface area contributed by atoms with Crippen LogP contribution in [-0.2, 0) is 0 Å². The zero-order chi connectivity index (χ0) is 14.8. The van der Waals surface area contributed by atoms with Crippen molar-refractivity contribution >= 4 is 11.9 Å². The number of hydrogen-bond acceptors (Lipinski definition) is 6. The van der Waals surface area contributed by atoms with Crippen LogP contribution in [0.2, 0.25) is 0 Å². The van der Waals surface area contributed by atoms with Crippen LogP contribution in [0.5, 0.6) is 6.01 Å². The number of nitrogens with zero attached hydrogens (tertiary/aromatic N) is 4. The Morgan fingerprint density at radius 2 is 2.00 bits per heavy atom. The number of anilines is 2. The standard InChI is InChI=1S/C11H16F3N5O/c1-2-5-20-10-17-8(15)16-9(18-10)19(7-3-4-7)6-11(12,13)14/h7H,2-6H2,1H3,(H2,15,16,17,18). The van der Waals surface area contributed by atoms with Crippen molar-refractivity contribution in [3.63, 3.8) is 0 Å². The Hall–Kier alpha value is -1.80. The van der Waals surface area contributed by atoms with E-state index in [-0.39, 0.29) is 23.9 Å². The average Bonchev–Trinajstić information content (AvgIpc) is 3.16. The van der Waals surface area contributed by atoms with Gasteiger partial charge >= 0.3 is 12.2 Å². The molecule has 112 valence electrons. The lowest BCUT2D eigenvalue weighted by atomic mass is 10.5. The van der Waals surface area contributed by atoms with E-state index >= 15 is 0 Å². The van der Waals surface area contributed by atoms with Crippen LogP contribution in [0.4, 0.5) is 25.1 Å². The maximum absolute atomic E-state index is 12.6. The fourth-order valence-corrected chi connectivity index (χ4v) is 1.69. The van der Waals surface area contributed by atoms with Crippen molar-refractivity contribution < 1.29 is 17.9 Å². The van der Waals surface area contributed by atoms with Crippen molar-refractivity contribution in [1.82, 2.24) is 15.0 Å². The topological polar surface area (TPSA) is 77.2 Å². The first-order chi connectivity index (χ1) is 9.39. The fourth-order valence-electron chi connectivity index (χ4n) is 1.69. The van der Waals surface area contributed by atoms with Crippen molar-refractivity contribution in [2.45, 2.75) is 38.4 Å². The van der Waals surface area contributed by atoms with E-state index in [1.165, 1.54) is 0 Å². The fraction of sp³-hybridized carbons (Fsp3) is 0.727. The molecular formula is C11H16F3N5O. The molecule has 1 heterocycles. The Bertz CT molecular complexity index is 464. The van der Waals surface area contributed by atoms with E-state index in [0.29, 0.717) is 19.4 Å². The van der Waals surface area contributed by atoms with Gasteiger partial charge in [0.15, 0.2) is 0 Å². The smallest absolute Gasteiger partial charge is 0.406 e. The van der Waals surface area contributed by atoms with Crippen molar-refractivity contribution in [2.24, 2.45) is 0 Å². The second-order valence-corrected chi connectivity index (χ2v) is 4.60. The van der Waals surface area contributed by atoms with Gasteiger partial charge in [-0.25, -0.2) is 0 Å². The zero-order valence-electron chi connectivity index (χ0n) is 11.0.